The Labute approximate surface area is 111 Å². The predicted octanol–water partition coefficient (Wildman–Crippen LogP) is 0.536. The van der Waals surface area contributed by atoms with Crippen molar-refractivity contribution in [2.75, 3.05) is 25.9 Å². The fraction of sp³-hybridized carbons (Fsp3) is 0.545. The van der Waals surface area contributed by atoms with Gasteiger partial charge in [-0.05, 0) is 44.6 Å². The van der Waals surface area contributed by atoms with Crippen LogP contribution < -0.4 is 11.1 Å². The number of amides is 1. The van der Waals surface area contributed by atoms with Crippen LogP contribution >= 0.6 is 11.6 Å². The molecule has 18 heavy (non-hydrogen) atoms. The third-order valence-corrected chi connectivity index (χ3v) is 3.27. The van der Waals surface area contributed by atoms with E-state index in [0.717, 1.165) is 25.9 Å². The molecular formula is C11H16ClN5O. The number of carbonyl (C=O) groups excluding carboxylic acids is 1. The molecule has 1 amide bonds. The normalized spacial score (nSPS) is 17.7. The Morgan fingerprint density at radius 2 is 2.22 bits per heavy atom. The number of halogens is 1. The lowest BCUT2D eigenvalue weighted by Crippen LogP contribution is -2.43. The SMILES string of the molecule is CN1CCC(NC(=O)c2cnc(Cl)nc2N)CC1. The number of anilines is 1. The van der Waals surface area contributed by atoms with Crippen molar-refractivity contribution in [3.63, 3.8) is 0 Å². The molecule has 0 aromatic carbocycles. The van der Waals surface area contributed by atoms with Crippen molar-refractivity contribution in [2.45, 2.75) is 18.9 Å². The summed E-state index contributed by atoms with van der Waals surface area (Å²) in [6.45, 7) is 1.97. The molecule has 3 N–H and O–H groups in total. The van der Waals surface area contributed by atoms with Crippen molar-refractivity contribution in [1.29, 1.82) is 0 Å². The molecule has 2 rings (SSSR count). The van der Waals surface area contributed by atoms with E-state index >= 15 is 0 Å². The lowest BCUT2D eigenvalue weighted by Gasteiger charge is -2.29. The van der Waals surface area contributed by atoms with Crippen LogP contribution in [0.4, 0.5) is 5.82 Å². The molecule has 7 heteroatoms. The van der Waals surface area contributed by atoms with Crippen molar-refractivity contribution in [3.05, 3.63) is 17.0 Å². The molecule has 1 aliphatic heterocycles. The third-order valence-electron chi connectivity index (χ3n) is 3.09. The van der Waals surface area contributed by atoms with Crippen LogP contribution in [0.3, 0.4) is 0 Å². The first kappa shape index (κ1) is 13.0. The van der Waals surface area contributed by atoms with Gasteiger partial charge in [0.05, 0.1) is 5.56 Å². The second kappa shape index (κ2) is 5.49. The fourth-order valence-electron chi connectivity index (χ4n) is 1.96. The first-order valence-electron chi connectivity index (χ1n) is 5.83. The molecule has 0 bridgehead atoms. The minimum Gasteiger partial charge on any atom is -0.383 e. The van der Waals surface area contributed by atoms with Crippen LogP contribution in [0, 0.1) is 0 Å². The average molecular weight is 270 g/mol. The van der Waals surface area contributed by atoms with Crippen LogP contribution in [-0.4, -0.2) is 47.0 Å². The van der Waals surface area contributed by atoms with Gasteiger partial charge in [0.25, 0.3) is 5.91 Å². The molecule has 1 aromatic heterocycles. The van der Waals surface area contributed by atoms with Gasteiger partial charge >= 0.3 is 0 Å². The number of nitrogen functional groups attached to an aromatic ring is 1. The molecule has 0 atom stereocenters. The summed E-state index contributed by atoms with van der Waals surface area (Å²) in [5.74, 6) is -0.126. The summed E-state index contributed by atoms with van der Waals surface area (Å²) < 4.78 is 0. The Morgan fingerprint density at radius 1 is 1.56 bits per heavy atom. The number of nitrogens with one attached hydrogen (secondary N) is 1. The lowest BCUT2D eigenvalue weighted by atomic mass is 10.1. The molecule has 1 aliphatic rings. The van der Waals surface area contributed by atoms with Crippen molar-refractivity contribution >= 4 is 23.3 Å². The van der Waals surface area contributed by atoms with Crippen LogP contribution in [0.25, 0.3) is 0 Å². The molecule has 2 heterocycles. The van der Waals surface area contributed by atoms with Gasteiger partial charge in [0.1, 0.15) is 5.82 Å². The lowest BCUT2D eigenvalue weighted by molar-refractivity contribution is 0.0917. The first-order valence-corrected chi connectivity index (χ1v) is 6.21. The summed E-state index contributed by atoms with van der Waals surface area (Å²) in [5, 5.41) is 2.99. The second-order valence-electron chi connectivity index (χ2n) is 4.49. The smallest absolute Gasteiger partial charge is 0.256 e. The zero-order chi connectivity index (χ0) is 13.1. The van der Waals surface area contributed by atoms with Gasteiger partial charge < -0.3 is 16.0 Å². The zero-order valence-electron chi connectivity index (χ0n) is 10.2. The molecule has 0 radical (unpaired) electrons. The molecule has 98 valence electrons. The van der Waals surface area contributed by atoms with E-state index < -0.39 is 0 Å². The number of carbonyl (C=O) groups is 1. The number of nitrogens with zero attached hydrogens (tertiary/aromatic N) is 3. The Hall–Kier alpha value is -1.40. The van der Waals surface area contributed by atoms with Crippen LogP contribution in [0.5, 0.6) is 0 Å². The van der Waals surface area contributed by atoms with E-state index in [4.69, 9.17) is 17.3 Å². The van der Waals surface area contributed by atoms with Gasteiger partial charge in [0.15, 0.2) is 0 Å². The highest BCUT2D eigenvalue weighted by atomic mass is 35.5. The van der Waals surface area contributed by atoms with Crippen LogP contribution in [0.15, 0.2) is 6.20 Å². The second-order valence-corrected chi connectivity index (χ2v) is 4.83. The van der Waals surface area contributed by atoms with Gasteiger partial charge in [-0.2, -0.15) is 0 Å². The summed E-state index contributed by atoms with van der Waals surface area (Å²) in [5.41, 5.74) is 5.92. The summed E-state index contributed by atoms with van der Waals surface area (Å²) in [4.78, 5) is 21.8. The quantitative estimate of drug-likeness (QED) is 0.766. The summed E-state index contributed by atoms with van der Waals surface area (Å²) >= 11 is 5.59. The molecule has 1 saturated heterocycles. The Morgan fingerprint density at radius 3 is 2.83 bits per heavy atom. The number of piperidine rings is 1. The third kappa shape index (κ3) is 3.08. The molecule has 6 nitrogen and oxygen atoms in total. The van der Waals surface area contributed by atoms with Gasteiger partial charge in [-0.25, -0.2) is 9.97 Å². The topological polar surface area (TPSA) is 84.1 Å². The molecule has 0 spiro atoms. The van der Waals surface area contributed by atoms with Gasteiger partial charge in [-0.1, -0.05) is 0 Å². The van der Waals surface area contributed by atoms with E-state index in [1.165, 1.54) is 6.20 Å². The van der Waals surface area contributed by atoms with Crippen molar-refractivity contribution < 1.29 is 4.79 Å². The van der Waals surface area contributed by atoms with Crippen molar-refractivity contribution in [2.24, 2.45) is 0 Å². The van der Waals surface area contributed by atoms with Gasteiger partial charge in [-0.3, -0.25) is 4.79 Å². The van der Waals surface area contributed by atoms with Crippen LogP contribution in [-0.2, 0) is 0 Å². The molecule has 1 fully saturated rings. The number of aromatic nitrogens is 2. The number of hydrogen-bond acceptors (Lipinski definition) is 5. The minimum absolute atomic E-state index is 0.0448. The number of likely N-dealkylation sites (tertiary alicyclic amines) is 1. The summed E-state index contributed by atoms with van der Waals surface area (Å²) in [6.07, 6.45) is 3.24. The molecule has 1 aromatic rings. The number of hydrogen-bond donors (Lipinski definition) is 2. The van der Waals surface area contributed by atoms with Gasteiger partial charge in [-0.15, -0.1) is 0 Å². The summed E-state index contributed by atoms with van der Waals surface area (Å²) in [6, 6.07) is 0.184. The maximum atomic E-state index is 12.0. The monoisotopic (exact) mass is 269 g/mol. The molecular weight excluding hydrogens is 254 g/mol. The summed E-state index contributed by atoms with van der Waals surface area (Å²) in [7, 11) is 2.07. The zero-order valence-corrected chi connectivity index (χ0v) is 10.9. The van der Waals surface area contributed by atoms with Crippen molar-refractivity contribution in [3.8, 4) is 0 Å². The first-order chi connectivity index (χ1) is 8.56. The van der Waals surface area contributed by atoms with Crippen molar-refractivity contribution in [1.82, 2.24) is 20.2 Å². The van der Waals surface area contributed by atoms with E-state index in [-0.39, 0.29) is 28.6 Å². The maximum Gasteiger partial charge on any atom is 0.256 e. The van der Waals surface area contributed by atoms with E-state index in [1.807, 2.05) is 0 Å². The van der Waals surface area contributed by atoms with Gasteiger partial charge in [0, 0.05) is 12.2 Å². The average Bonchev–Trinajstić information content (AvgIpc) is 2.32. The van der Waals surface area contributed by atoms with E-state index in [9.17, 15) is 4.79 Å². The Balaban J connectivity index is 1.99. The molecule has 0 unspecified atom stereocenters. The highest BCUT2D eigenvalue weighted by molar-refractivity contribution is 6.28. The van der Waals surface area contributed by atoms with E-state index in [0.29, 0.717) is 0 Å². The molecule has 0 saturated carbocycles. The Kier molecular flexibility index (Phi) is 3.98. The highest BCUT2D eigenvalue weighted by Crippen LogP contribution is 2.13. The van der Waals surface area contributed by atoms with Crippen LogP contribution in [0.2, 0.25) is 5.28 Å². The number of rotatable bonds is 2. The predicted molar refractivity (Wildman–Crippen MR) is 69.4 cm³/mol. The largest absolute Gasteiger partial charge is 0.383 e. The van der Waals surface area contributed by atoms with E-state index in [2.05, 4.69) is 27.2 Å². The van der Waals surface area contributed by atoms with Gasteiger partial charge in [0.2, 0.25) is 5.28 Å². The molecule has 0 aliphatic carbocycles. The fourth-order valence-corrected chi connectivity index (χ4v) is 2.10. The maximum absolute atomic E-state index is 12.0. The number of nitrogens with two attached hydrogens (primary N) is 1. The van der Waals surface area contributed by atoms with E-state index in [1.54, 1.807) is 0 Å². The highest BCUT2D eigenvalue weighted by Gasteiger charge is 2.20. The minimum atomic E-state index is -0.237. The standard InChI is InChI=1S/C11H16ClN5O/c1-17-4-2-7(3-5-17)15-10(18)8-6-14-11(12)16-9(8)13/h6-7H,2-5H2,1H3,(H,15,18)(H2,13,14,16). The Bertz CT molecular complexity index is 445. The van der Waals surface area contributed by atoms with Crippen LogP contribution in [0.1, 0.15) is 23.2 Å².